The predicted molar refractivity (Wildman–Crippen MR) is 71.6 cm³/mol. The molecule has 1 aliphatic rings. The molecular formula is C13H14ClFN2O4. The largest absolute Gasteiger partial charge is 0.481 e. The van der Waals surface area contributed by atoms with E-state index in [2.05, 4.69) is 4.98 Å². The van der Waals surface area contributed by atoms with Crippen molar-refractivity contribution < 1.29 is 23.8 Å². The molecule has 0 saturated carbocycles. The number of hydrogen-bond donors (Lipinski definition) is 1. The third kappa shape index (κ3) is 3.14. The van der Waals surface area contributed by atoms with Crippen LogP contribution in [-0.2, 0) is 9.53 Å². The number of aromatic nitrogens is 1. The van der Waals surface area contributed by atoms with Gasteiger partial charge in [0.15, 0.2) is 0 Å². The zero-order valence-corrected chi connectivity index (χ0v) is 12.0. The summed E-state index contributed by atoms with van der Waals surface area (Å²) in [5.74, 6) is -3.09. The summed E-state index contributed by atoms with van der Waals surface area (Å²) in [6.45, 7) is 2.12. The molecule has 0 aromatic carbocycles. The summed E-state index contributed by atoms with van der Waals surface area (Å²) in [4.78, 5) is 28.6. The summed E-state index contributed by atoms with van der Waals surface area (Å²) < 4.78 is 18.4. The van der Waals surface area contributed by atoms with Gasteiger partial charge in [0.25, 0.3) is 5.91 Å². The topological polar surface area (TPSA) is 79.7 Å². The lowest BCUT2D eigenvalue weighted by Gasteiger charge is -2.29. The van der Waals surface area contributed by atoms with Crippen LogP contribution >= 0.6 is 11.6 Å². The number of carboxylic acid groups (broad SMARTS) is 1. The van der Waals surface area contributed by atoms with Crippen LogP contribution in [0.3, 0.4) is 0 Å². The second kappa shape index (κ2) is 6.36. The van der Waals surface area contributed by atoms with E-state index < -0.39 is 29.7 Å². The van der Waals surface area contributed by atoms with Crippen molar-refractivity contribution >= 4 is 23.5 Å². The van der Waals surface area contributed by atoms with Gasteiger partial charge in [-0.25, -0.2) is 9.37 Å². The zero-order valence-electron chi connectivity index (χ0n) is 11.3. The summed E-state index contributed by atoms with van der Waals surface area (Å²) in [6.07, 6.45) is 0.911. The normalized spacial score (nSPS) is 21.3. The molecular weight excluding hydrogens is 303 g/mol. The van der Waals surface area contributed by atoms with Crippen LogP contribution in [0.15, 0.2) is 12.3 Å². The molecule has 1 fully saturated rings. The van der Waals surface area contributed by atoms with Gasteiger partial charge in [-0.3, -0.25) is 9.59 Å². The minimum Gasteiger partial charge on any atom is -0.481 e. The Labute approximate surface area is 125 Å². The number of hydrogen-bond acceptors (Lipinski definition) is 4. The number of rotatable bonds is 4. The van der Waals surface area contributed by atoms with Gasteiger partial charge in [0, 0.05) is 6.54 Å². The number of nitrogens with zero attached hydrogens (tertiary/aromatic N) is 2. The van der Waals surface area contributed by atoms with E-state index in [-0.39, 0.29) is 30.5 Å². The Morgan fingerprint density at radius 3 is 2.90 bits per heavy atom. The van der Waals surface area contributed by atoms with Gasteiger partial charge in [-0.1, -0.05) is 11.6 Å². The van der Waals surface area contributed by atoms with Crippen LogP contribution in [0.1, 0.15) is 17.3 Å². The molecule has 1 amide bonds. The molecule has 2 atom stereocenters. The molecule has 0 radical (unpaired) electrons. The lowest BCUT2D eigenvalue weighted by Crippen LogP contribution is -2.46. The van der Waals surface area contributed by atoms with Gasteiger partial charge in [-0.05, 0) is 13.0 Å². The third-order valence-electron chi connectivity index (χ3n) is 3.41. The standard InChI is InChI=1S/C13H14ClFN2O4/c1-2-17(10-6-21-5-9(10)13(19)20)12(18)8-3-7(15)4-16-11(8)14/h3-4,9-10H,2,5-6H2,1H3,(H,19,20). The number of halogens is 2. The molecule has 0 bridgehead atoms. The number of carbonyl (C=O) groups excluding carboxylic acids is 1. The van der Waals surface area contributed by atoms with E-state index in [1.807, 2.05) is 0 Å². The summed E-state index contributed by atoms with van der Waals surface area (Å²) in [5, 5.41) is 9.04. The molecule has 0 aliphatic carbocycles. The van der Waals surface area contributed by atoms with Crippen molar-refractivity contribution in [1.29, 1.82) is 0 Å². The first-order chi connectivity index (χ1) is 9.95. The lowest BCUT2D eigenvalue weighted by molar-refractivity contribution is -0.142. The fraction of sp³-hybridized carbons (Fsp3) is 0.462. The highest BCUT2D eigenvalue weighted by Gasteiger charge is 2.40. The van der Waals surface area contributed by atoms with E-state index in [4.69, 9.17) is 21.4 Å². The van der Waals surface area contributed by atoms with Crippen LogP contribution in [0.4, 0.5) is 4.39 Å². The Morgan fingerprint density at radius 2 is 2.29 bits per heavy atom. The number of likely N-dealkylation sites (N-methyl/N-ethyl adjacent to an activating group) is 1. The van der Waals surface area contributed by atoms with E-state index in [1.54, 1.807) is 6.92 Å². The Morgan fingerprint density at radius 1 is 1.57 bits per heavy atom. The van der Waals surface area contributed by atoms with Gasteiger partial charge in [0.05, 0.1) is 31.0 Å². The van der Waals surface area contributed by atoms with Gasteiger partial charge >= 0.3 is 5.97 Å². The fourth-order valence-electron chi connectivity index (χ4n) is 2.34. The monoisotopic (exact) mass is 316 g/mol. The van der Waals surface area contributed by atoms with Crippen molar-refractivity contribution in [3.63, 3.8) is 0 Å². The van der Waals surface area contributed by atoms with Crippen molar-refractivity contribution in [2.75, 3.05) is 19.8 Å². The van der Waals surface area contributed by atoms with E-state index in [1.165, 1.54) is 4.90 Å². The van der Waals surface area contributed by atoms with Crippen LogP contribution in [0, 0.1) is 11.7 Å². The second-order valence-corrected chi connectivity index (χ2v) is 4.99. The molecule has 8 heteroatoms. The summed E-state index contributed by atoms with van der Waals surface area (Å²) in [6, 6.07) is 0.380. The van der Waals surface area contributed by atoms with Crippen molar-refractivity contribution in [2.24, 2.45) is 5.92 Å². The van der Waals surface area contributed by atoms with Gasteiger partial charge in [0.2, 0.25) is 0 Å². The molecule has 2 rings (SSSR count). The average molecular weight is 317 g/mol. The van der Waals surface area contributed by atoms with Crippen LogP contribution in [0.25, 0.3) is 0 Å². The molecule has 21 heavy (non-hydrogen) atoms. The number of aliphatic carboxylic acids is 1. The van der Waals surface area contributed by atoms with Gasteiger partial charge < -0.3 is 14.7 Å². The molecule has 1 saturated heterocycles. The molecule has 2 unspecified atom stereocenters. The minimum atomic E-state index is -1.03. The molecule has 2 heterocycles. The summed E-state index contributed by atoms with van der Waals surface area (Å²) >= 11 is 5.82. The van der Waals surface area contributed by atoms with E-state index in [0.29, 0.717) is 0 Å². The highest BCUT2D eigenvalue weighted by atomic mass is 35.5. The van der Waals surface area contributed by atoms with Gasteiger partial charge in [-0.15, -0.1) is 0 Å². The number of carboxylic acids is 1. The van der Waals surface area contributed by atoms with Gasteiger partial charge in [-0.2, -0.15) is 0 Å². The quantitative estimate of drug-likeness (QED) is 0.850. The Hall–Kier alpha value is -1.73. The van der Waals surface area contributed by atoms with Crippen LogP contribution < -0.4 is 0 Å². The highest BCUT2D eigenvalue weighted by Crippen LogP contribution is 2.24. The Bertz CT molecular complexity index is 569. The maximum atomic E-state index is 13.2. The third-order valence-corrected chi connectivity index (χ3v) is 3.71. The predicted octanol–water partition coefficient (Wildman–Crippen LogP) is 1.44. The molecule has 1 aromatic rings. The van der Waals surface area contributed by atoms with Crippen molar-refractivity contribution in [3.8, 4) is 0 Å². The lowest BCUT2D eigenvalue weighted by atomic mass is 10.0. The first-order valence-electron chi connectivity index (χ1n) is 6.38. The molecule has 114 valence electrons. The molecule has 1 N–H and O–H groups in total. The van der Waals surface area contributed by atoms with Crippen molar-refractivity contribution in [1.82, 2.24) is 9.88 Å². The van der Waals surface area contributed by atoms with Crippen molar-refractivity contribution in [2.45, 2.75) is 13.0 Å². The fourth-order valence-corrected chi connectivity index (χ4v) is 2.53. The number of pyridine rings is 1. The second-order valence-electron chi connectivity index (χ2n) is 4.63. The molecule has 1 aromatic heterocycles. The maximum Gasteiger partial charge on any atom is 0.311 e. The van der Waals surface area contributed by atoms with Crippen molar-refractivity contribution in [3.05, 3.63) is 28.8 Å². The number of amides is 1. The highest BCUT2D eigenvalue weighted by molar-refractivity contribution is 6.32. The number of ether oxygens (including phenoxy) is 1. The smallest absolute Gasteiger partial charge is 0.311 e. The van der Waals surface area contributed by atoms with Crippen LogP contribution in [0.2, 0.25) is 5.15 Å². The van der Waals surface area contributed by atoms with Gasteiger partial charge in [0.1, 0.15) is 16.9 Å². The first-order valence-corrected chi connectivity index (χ1v) is 6.76. The van der Waals surface area contributed by atoms with E-state index in [0.717, 1.165) is 12.3 Å². The number of carbonyl (C=O) groups is 2. The van der Waals surface area contributed by atoms with Crippen LogP contribution in [0.5, 0.6) is 0 Å². The van der Waals surface area contributed by atoms with Crippen LogP contribution in [-0.4, -0.2) is 52.7 Å². The van der Waals surface area contributed by atoms with E-state index >= 15 is 0 Å². The SMILES string of the molecule is CCN(C(=O)c1cc(F)cnc1Cl)C1COCC1C(=O)O. The average Bonchev–Trinajstić information content (AvgIpc) is 2.91. The minimum absolute atomic E-state index is 0.0406. The molecule has 6 nitrogen and oxygen atoms in total. The summed E-state index contributed by atoms with van der Waals surface area (Å²) in [7, 11) is 0. The maximum absolute atomic E-state index is 13.2. The molecule has 0 spiro atoms. The Kier molecular flexibility index (Phi) is 4.74. The zero-order chi connectivity index (χ0) is 15.6. The molecule has 1 aliphatic heterocycles. The Balaban J connectivity index is 2.30. The van der Waals surface area contributed by atoms with E-state index in [9.17, 15) is 14.0 Å². The summed E-state index contributed by atoms with van der Waals surface area (Å²) in [5.41, 5.74) is -0.0884. The first kappa shape index (κ1) is 15.7.